The number of fused-ring (bicyclic) bond motifs is 1. The van der Waals surface area contributed by atoms with Crippen LogP contribution in [0.15, 0.2) is 48.5 Å². The number of carboxylic acid groups (broad SMARTS) is 1. The number of aliphatic carboxylic acids is 1. The highest BCUT2D eigenvalue weighted by molar-refractivity contribution is 5.76. The van der Waals surface area contributed by atoms with E-state index in [1.165, 1.54) is 16.7 Å². The van der Waals surface area contributed by atoms with Gasteiger partial charge in [0.05, 0.1) is 5.41 Å². The number of carbonyl (C=O) groups is 1. The van der Waals surface area contributed by atoms with Gasteiger partial charge in [-0.05, 0) is 54.9 Å². The zero-order chi connectivity index (χ0) is 14.9. The molecule has 0 bridgehead atoms. The lowest BCUT2D eigenvalue weighted by Crippen LogP contribution is -2.39. The van der Waals surface area contributed by atoms with Crippen molar-refractivity contribution in [3.05, 3.63) is 70.8 Å². The quantitative estimate of drug-likeness (QED) is 0.928. The first kappa shape index (κ1) is 13.9. The summed E-state index contributed by atoms with van der Waals surface area (Å²) in [5, 5.41) is 9.87. The van der Waals surface area contributed by atoms with E-state index in [0.717, 1.165) is 12.0 Å². The average Bonchev–Trinajstić information content (AvgIpc) is 2.49. The molecule has 2 aromatic carbocycles. The van der Waals surface area contributed by atoms with Crippen molar-refractivity contribution in [1.29, 1.82) is 0 Å². The van der Waals surface area contributed by atoms with Gasteiger partial charge in [0.2, 0.25) is 0 Å². The fraction of sp³-hybridized carbons (Fsp3) is 0.316. The van der Waals surface area contributed by atoms with E-state index in [9.17, 15) is 9.90 Å². The summed E-state index contributed by atoms with van der Waals surface area (Å²) in [5.74, 6) is -0.666. The number of carboxylic acids is 1. The van der Waals surface area contributed by atoms with Crippen LogP contribution in [0.5, 0.6) is 0 Å². The normalized spacial score (nSPS) is 20.8. The Labute approximate surface area is 125 Å². The second kappa shape index (κ2) is 5.36. The van der Waals surface area contributed by atoms with Crippen LogP contribution in [0.3, 0.4) is 0 Å². The topological polar surface area (TPSA) is 37.3 Å². The molecule has 0 amide bonds. The molecule has 0 heterocycles. The second-order valence-electron chi connectivity index (χ2n) is 6.13. The molecule has 2 aromatic rings. The molecule has 21 heavy (non-hydrogen) atoms. The molecule has 1 unspecified atom stereocenters. The van der Waals surface area contributed by atoms with E-state index in [1.54, 1.807) is 0 Å². The van der Waals surface area contributed by atoms with E-state index in [0.29, 0.717) is 19.3 Å². The van der Waals surface area contributed by atoms with Crippen LogP contribution in [-0.2, 0) is 24.1 Å². The van der Waals surface area contributed by atoms with Crippen LogP contribution in [-0.4, -0.2) is 11.1 Å². The van der Waals surface area contributed by atoms with Crippen LogP contribution in [0, 0.1) is 12.3 Å². The van der Waals surface area contributed by atoms with Gasteiger partial charge in [0.25, 0.3) is 0 Å². The summed E-state index contributed by atoms with van der Waals surface area (Å²) in [6.07, 6.45) is 2.82. The Morgan fingerprint density at radius 3 is 2.48 bits per heavy atom. The molecule has 0 saturated heterocycles. The highest BCUT2D eigenvalue weighted by Crippen LogP contribution is 2.39. The van der Waals surface area contributed by atoms with Gasteiger partial charge < -0.3 is 5.11 Å². The van der Waals surface area contributed by atoms with E-state index < -0.39 is 11.4 Å². The fourth-order valence-electron chi connectivity index (χ4n) is 3.38. The second-order valence-corrected chi connectivity index (χ2v) is 6.13. The Morgan fingerprint density at radius 1 is 1.10 bits per heavy atom. The largest absolute Gasteiger partial charge is 0.481 e. The van der Waals surface area contributed by atoms with E-state index in [4.69, 9.17) is 0 Å². The molecule has 0 aromatic heterocycles. The van der Waals surface area contributed by atoms with Gasteiger partial charge in [-0.15, -0.1) is 0 Å². The third-order valence-corrected chi connectivity index (χ3v) is 4.76. The molecule has 0 radical (unpaired) electrons. The van der Waals surface area contributed by atoms with Gasteiger partial charge in [-0.2, -0.15) is 0 Å². The zero-order valence-electron chi connectivity index (χ0n) is 12.3. The van der Waals surface area contributed by atoms with Gasteiger partial charge in [0, 0.05) is 0 Å². The standard InChI is InChI=1S/C19H20O2/c1-14-6-2-3-8-16(14)12-19(18(20)21)11-10-15-7-4-5-9-17(15)13-19/h2-9H,10-13H2,1H3,(H,20,21). The molecule has 2 heteroatoms. The molecular weight excluding hydrogens is 260 g/mol. The summed E-state index contributed by atoms with van der Waals surface area (Å²) in [6, 6.07) is 16.3. The van der Waals surface area contributed by atoms with E-state index in [2.05, 4.69) is 31.2 Å². The molecule has 1 atom stereocenters. The number of rotatable bonds is 3. The van der Waals surface area contributed by atoms with Crippen molar-refractivity contribution in [1.82, 2.24) is 0 Å². The Kier molecular flexibility index (Phi) is 3.54. The first-order valence-corrected chi connectivity index (χ1v) is 7.45. The Bertz CT molecular complexity index is 675. The molecule has 1 aliphatic carbocycles. The Morgan fingerprint density at radius 2 is 1.76 bits per heavy atom. The van der Waals surface area contributed by atoms with Crippen LogP contribution in [0.4, 0.5) is 0 Å². The fourth-order valence-corrected chi connectivity index (χ4v) is 3.38. The molecule has 0 aliphatic heterocycles. The first-order valence-electron chi connectivity index (χ1n) is 7.45. The third kappa shape index (κ3) is 2.58. The number of hydrogen-bond acceptors (Lipinski definition) is 1. The van der Waals surface area contributed by atoms with E-state index in [-0.39, 0.29) is 0 Å². The number of aryl methyl sites for hydroxylation is 2. The smallest absolute Gasteiger partial charge is 0.310 e. The highest BCUT2D eigenvalue weighted by Gasteiger charge is 2.41. The molecule has 108 valence electrons. The highest BCUT2D eigenvalue weighted by atomic mass is 16.4. The summed E-state index contributed by atoms with van der Waals surface area (Å²) in [6.45, 7) is 2.06. The lowest BCUT2D eigenvalue weighted by Gasteiger charge is -2.35. The molecule has 2 nitrogen and oxygen atoms in total. The van der Waals surface area contributed by atoms with Crippen LogP contribution in [0.25, 0.3) is 0 Å². The molecule has 1 N–H and O–H groups in total. The summed E-state index contributed by atoms with van der Waals surface area (Å²) in [7, 11) is 0. The number of hydrogen-bond donors (Lipinski definition) is 1. The average molecular weight is 280 g/mol. The summed E-state index contributed by atoms with van der Waals surface area (Å²) in [4.78, 5) is 12.0. The Hall–Kier alpha value is -2.09. The van der Waals surface area contributed by atoms with Gasteiger partial charge in [-0.3, -0.25) is 4.79 Å². The van der Waals surface area contributed by atoms with Gasteiger partial charge >= 0.3 is 5.97 Å². The summed E-state index contributed by atoms with van der Waals surface area (Å²) in [5.41, 5.74) is 4.16. The van der Waals surface area contributed by atoms with Gasteiger partial charge in [0.15, 0.2) is 0 Å². The third-order valence-electron chi connectivity index (χ3n) is 4.76. The summed E-state index contributed by atoms with van der Waals surface area (Å²) >= 11 is 0. The molecular formula is C19H20O2. The van der Waals surface area contributed by atoms with E-state index in [1.807, 2.05) is 24.3 Å². The van der Waals surface area contributed by atoms with Crippen molar-refractivity contribution in [2.45, 2.75) is 32.6 Å². The molecule has 0 spiro atoms. The van der Waals surface area contributed by atoms with Gasteiger partial charge in [-0.25, -0.2) is 0 Å². The van der Waals surface area contributed by atoms with Crippen molar-refractivity contribution in [2.24, 2.45) is 5.41 Å². The minimum absolute atomic E-state index is 0.614. The van der Waals surface area contributed by atoms with Gasteiger partial charge in [0.1, 0.15) is 0 Å². The first-order chi connectivity index (χ1) is 10.1. The molecule has 1 aliphatic rings. The predicted octanol–water partition coefficient (Wildman–Crippen LogP) is 3.80. The maximum Gasteiger partial charge on any atom is 0.310 e. The monoisotopic (exact) mass is 280 g/mol. The zero-order valence-corrected chi connectivity index (χ0v) is 12.3. The number of benzene rings is 2. The minimum atomic E-state index is -0.666. The molecule has 0 fully saturated rings. The van der Waals surface area contributed by atoms with Crippen LogP contribution in [0.1, 0.15) is 28.7 Å². The van der Waals surface area contributed by atoms with Crippen molar-refractivity contribution in [3.8, 4) is 0 Å². The van der Waals surface area contributed by atoms with Crippen LogP contribution >= 0.6 is 0 Å². The predicted molar refractivity (Wildman–Crippen MR) is 83.4 cm³/mol. The van der Waals surface area contributed by atoms with Crippen molar-refractivity contribution >= 4 is 5.97 Å². The van der Waals surface area contributed by atoms with Crippen LogP contribution in [0.2, 0.25) is 0 Å². The lowest BCUT2D eigenvalue weighted by atomic mass is 9.68. The Balaban J connectivity index is 1.96. The maximum absolute atomic E-state index is 12.0. The van der Waals surface area contributed by atoms with Gasteiger partial charge in [-0.1, -0.05) is 48.5 Å². The van der Waals surface area contributed by atoms with Crippen LogP contribution < -0.4 is 0 Å². The van der Waals surface area contributed by atoms with E-state index >= 15 is 0 Å². The molecule has 0 saturated carbocycles. The van der Waals surface area contributed by atoms with Crippen molar-refractivity contribution in [3.63, 3.8) is 0 Å². The minimum Gasteiger partial charge on any atom is -0.481 e. The SMILES string of the molecule is Cc1ccccc1CC1(C(=O)O)CCc2ccccc2C1. The lowest BCUT2D eigenvalue weighted by molar-refractivity contribution is -0.149. The van der Waals surface area contributed by atoms with Crippen molar-refractivity contribution < 1.29 is 9.90 Å². The molecule has 3 rings (SSSR count). The summed E-state index contributed by atoms with van der Waals surface area (Å²) < 4.78 is 0. The van der Waals surface area contributed by atoms with Crippen molar-refractivity contribution in [2.75, 3.05) is 0 Å². The maximum atomic E-state index is 12.0.